The number of nitrogens with one attached hydrogen (secondary N) is 1. The molecule has 0 heterocycles. The van der Waals surface area contributed by atoms with E-state index in [1.807, 2.05) is 0 Å². The summed E-state index contributed by atoms with van der Waals surface area (Å²) in [4.78, 5) is 4.76. The Balaban J connectivity index is 2.05. The van der Waals surface area contributed by atoms with E-state index in [4.69, 9.17) is 0 Å². The Bertz CT molecular complexity index is 309. The SMILES string of the molecule is CCN(CC)CCNCCCN(C)c1ccccc1. The van der Waals surface area contributed by atoms with E-state index in [2.05, 4.69) is 66.3 Å². The normalized spacial score (nSPS) is 10.9. The van der Waals surface area contributed by atoms with Gasteiger partial charge in [0.2, 0.25) is 0 Å². The Kier molecular flexibility index (Phi) is 8.26. The van der Waals surface area contributed by atoms with Gasteiger partial charge >= 0.3 is 0 Å². The Morgan fingerprint density at radius 3 is 2.26 bits per heavy atom. The maximum absolute atomic E-state index is 3.52. The minimum absolute atomic E-state index is 1.09. The summed E-state index contributed by atoms with van der Waals surface area (Å²) in [6, 6.07) is 10.6. The predicted molar refractivity (Wildman–Crippen MR) is 85.0 cm³/mol. The fraction of sp³-hybridized carbons (Fsp3) is 0.625. The van der Waals surface area contributed by atoms with Gasteiger partial charge in [-0.2, -0.15) is 0 Å². The van der Waals surface area contributed by atoms with Crippen LogP contribution in [0.2, 0.25) is 0 Å². The van der Waals surface area contributed by atoms with Crippen LogP contribution < -0.4 is 10.2 Å². The van der Waals surface area contributed by atoms with E-state index < -0.39 is 0 Å². The average Bonchev–Trinajstić information content (AvgIpc) is 2.47. The molecule has 0 fully saturated rings. The van der Waals surface area contributed by atoms with Crippen molar-refractivity contribution >= 4 is 5.69 Å². The van der Waals surface area contributed by atoms with Crippen LogP contribution in [-0.2, 0) is 0 Å². The number of rotatable bonds is 10. The number of benzene rings is 1. The van der Waals surface area contributed by atoms with Gasteiger partial charge in [-0.25, -0.2) is 0 Å². The van der Waals surface area contributed by atoms with Crippen LogP contribution in [-0.4, -0.2) is 51.2 Å². The van der Waals surface area contributed by atoms with Gasteiger partial charge in [-0.15, -0.1) is 0 Å². The number of anilines is 1. The lowest BCUT2D eigenvalue weighted by atomic mass is 10.3. The largest absolute Gasteiger partial charge is 0.375 e. The fourth-order valence-corrected chi connectivity index (χ4v) is 2.15. The van der Waals surface area contributed by atoms with Crippen molar-refractivity contribution in [2.24, 2.45) is 0 Å². The first-order valence-corrected chi connectivity index (χ1v) is 7.47. The zero-order valence-corrected chi connectivity index (χ0v) is 12.7. The number of hydrogen-bond acceptors (Lipinski definition) is 3. The summed E-state index contributed by atoms with van der Waals surface area (Å²) < 4.78 is 0. The van der Waals surface area contributed by atoms with Crippen LogP contribution in [0.3, 0.4) is 0 Å². The van der Waals surface area contributed by atoms with Crippen LogP contribution in [0.15, 0.2) is 30.3 Å². The molecule has 0 aliphatic heterocycles. The van der Waals surface area contributed by atoms with Gasteiger partial charge in [0.15, 0.2) is 0 Å². The molecule has 0 unspecified atom stereocenters. The van der Waals surface area contributed by atoms with E-state index in [9.17, 15) is 0 Å². The molecule has 0 atom stereocenters. The summed E-state index contributed by atoms with van der Waals surface area (Å²) in [7, 11) is 2.16. The molecule has 1 aromatic carbocycles. The lowest BCUT2D eigenvalue weighted by Gasteiger charge is -2.20. The van der Waals surface area contributed by atoms with Crippen LogP contribution in [0.5, 0.6) is 0 Å². The van der Waals surface area contributed by atoms with Crippen molar-refractivity contribution in [2.75, 3.05) is 51.2 Å². The summed E-state index contributed by atoms with van der Waals surface area (Å²) in [5.74, 6) is 0. The summed E-state index contributed by atoms with van der Waals surface area (Å²) >= 11 is 0. The van der Waals surface area contributed by atoms with Crippen molar-refractivity contribution in [1.82, 2.24) is 10.2 Å². The van der Waals surface area contributed by atoms with Crippen molar-refractivity contribution in [3.05, 3.63) is 30.3 Å². The van der Waals surface area contributed by atoms with Crippen molar-refractivity contribution in [2.45, 2.75) is 20.3 Å². The monoisotopic (exact) mass is 263 g/mol. The number of para-hydroxylation sites is 1. The Morgan fingerprint density at radius 2 is 1.63 bits per heavy atom. The summed E-state index contributed by atoms with van der Waals surface area (Å²) in [6.45, 7) is 11.2. The molecule has 3 heteroatoms. The number of likely N-dealkylation sites (N-methyl/N-ethyl adjacent to an activating group) is 1. The first kappa shape index (κ1) is 16.0. The topological polar surface area (TPSA) is 18.5 Å². The molecular weight excluding hydrogens is 234 g/mol. The third kappa shape index (κ3) is 6.60. The molecule has 1 rings (SSSR count). The van der Waals surface area contributed by atoms with E-state index in [0.29, 0.717) is 0 Å². The van der Waals surface area contributed by atoms with Gasteiger partial charge in [-0.1, -0.05) is 32.0 Å². The summed E-state index contributed by atoms with van der Waals surface area (Å²) in [5.41, 5.74) is 1.30. The van der Waals surface area contributed by atoms with Crippen LogP contribution in [0.1, 0.15) is 20.3 Å². The first-order valence-electron chi connectivity index (χ1n) is 7.47. The third-order valence-corrected chi connectivity index (χ3v) is 3.54. The molecular formula is C16H29N3. The summed E-state index contributed by atoms with van der Waals surface area (Å²) in [5, 5.41) is 3.52. The fourth-order valence-electron chi connectivity index (χ4n) is 2.15. The van der Waals surface area contributed by atoms with Crippen molar-refractivity contribution in [1.29, 1.82) is 0 Å². The summed E-state index contributed by atoms with van der Waals surface area (Å²) in [6.07, 6.45) is 1.18. The Morgan fingerprint density at radius 1 is 0.947 bits per heavy atom. The average molecular weight is 263 g/mol. The molecule has 0 amide bonds. The first-order chi connectivity index (χ1) is 9.27. The maximum atomic E-state index is 3.52. The molecule has 0 saturated carbocycles. The molecule has 0 aliphatic carbocycles. The molecule has 0 spiro atoms. The Hall–Kier alpha value is -1.06. The zero-order valence-electron chi connectivity index (χ0n) is 12.7. The molecule has 0 radical (unpaired) electrons. The van der Waals surface area contributed by atoms with Crippen molar-refractivity contribution in [3.63, 3.8) is 0 Å². The van der Waals surface area contributed by atoms with Crippen LogP contribution in [0, 0.1) is 0 Å². The van der Waals surface area contributed by atoms with E-state index in [0.717, 1.165) is 39.3 Å². The van der Waals surface area contributed by atoms with Crippen LogP contribution in [0.4, 0.5) is 5.69 Å². The zero-order chi connectivity index (χ0) is 13.9. The molecule has 108 valence electrons. The van der Waals surface area contributed by atoms with Crippen LogP contribution >= 0.6 is 0 Å². The van der Waals surface area contributed by atoms with Crippen LogP contribution in [0.25, 0.3) is 0 Å². The van der Waals surface area contributed by atoms with Gasteiger partial charge in [0.25, 0.3) is 0 Å². The second-order valence-electron chi connectivity index (χ2n) is 4.89. The maximum Gasteiger partial charge on any atom is 0.0363 e. The molecule has 0 saturated heterocycles. The van der Waals surface area contributed by atoms with Gasteiger partial charge in [0.05, 0.1) is 0 Å². The van der Waals surface area contributed by atoms with E-state index in [1.54, 1.807) is 0 Å². The molecule has 0 aromatic heterocycles. The highest BCUT2D eigenvalue weighted by atomic mass is 15.1. The van der Waals surface area contributed by atoms with Gasteiger partial charge in [0, 0.05) is 32.4 Å². The second-order valence-corrected chi connectivity index (χ2v) is 4.89. The lowest BCUT2D eigenvalue weighted by molar-refractivity contribution is 0.302. The molecule has 3 nitrogen and oxygen atoms in total. The van der Waals surface area contributed by atoms with E-state index >= 15 is 0 Å². The lowest BCUT2D eigenvalue weighted by Crippen LogP contribution is -2.33. The molecule has 19 heavy (non-hydrogen) atoms. The minimum atomic E-state index is 1.09. The van der Waals surface area contributed by atoms with Gasteiger partial charge in [-0.05, 0) is 38.2 Å². The van der Waals surface area contributed by atoms with Gasteiger partial charge < -0.3 is 15.1 Å². The smallest absolute Gasteiger partial charge is 0.0363 e. The highest BCUT2D eigenvalue weighted by Gasteiger charge is 2.00. The number of hydrogen-bond donors (Lipinski definition) is 1. The molecule has 1 aromatic rings. The highest BCUT2D eigenvalue weighted by molar-refractivity contribution is 5.44. The highest BCUT2D eigenvalue weighted by Crippen LogP contribution is 2.10. The Labute approximate surface area is 118 Å². The number of nitrogens with zero attached hydrogens (tertiary/aromatic N) is 2. The minimum Gasteiger partial charge on any atom is -0.375 e. The second kappa shape index (κ2) is 9.82. The predicted octanol–water partition coefficient (Wildman–Crippen LogP) is 2.44. The van der Waals surface area contributed by atoms with E-state index in [-0.39, 0.29) is 0 Å². The molecule has 0 bridgehead atoms. The van der Waals surface area contributed by atoms with E-state index in [1.165, 1.54) is 12.1 Å². The van der Waals surface area contributed by atoms with Crippen molar-refractivity contribution < 1.29 is 0 Å². The quantitative estimate of drug-likeness (QED) is 0.654. The standard InChI is InChI=1S/C16H29N3/c1-4-19(5-2)15-13-17-12-9-14-18(3)16-10-7-6-8-11-16/h6-8,10-11,17H,4-5,9,12-15H2,1-3H3. The van der Waals surface area contributed by atoms with Crippen molar-refractivity contribution in [3.8, 4) is 0 Å². The molecule has 0 aliphatic rings. The van der Waals surface area contributed by atoms with Gasteiger partial charge in [-0.3, -0.25) is 0 Å². The molecule has 1 N–H and O–H groups in total. The third-order valence-electron chi connectivity index (χ3n) is 3.54. The van der Waals surface area contributed by atoms with Gasteiger partial charge in [0.1, 0.15) is 0 Å².